The molecule has 1 N–H and O–H groups in total. The van der Waals surface area contributed by atoms with Crippen LogP contribution in [0.15, 0.2) is 6.07 Å². The SMILES string of the molecule is CCC(=O)ONC(=O)Cn1nc(C(F)(F)F)cc1C. The molecule has 0 aliphatic carbocycles. The zero-order valence-corrected chi connectivity index (χ0v) is 10.2. The number of rotatable bonds is 3. The van der Waals surface area contributed by atoms with Crippen LogP contribution in [0, 0.1) is 6.92 Å². The van der Waals surface area contributed by atoms with E-state index in [-0.39, 0.29) is 12.1 Å². The zero-order valence-electron chi connectivity index (χ0n) is 10.2. The van der Waals surface area contributed by atoms with Crippen molar-refractivity contribution < 1.29 is 27.6 Å². The van der Waals surface area contributed by atoms with Gasteiger partial charge in [-0.05, 0) is 13.0 Å². The van der Waals surface area contributed by atoms with E-state index in [4.69, 9.17) is 0 Å². The molecule has 0 unspecified atom stereocenters. The summed E-state index contributed by atoms with van der Waals surface area (Å²) in [5.74, 6) is -1.43. The molecule has 0 aromatic carbocycles. The maximum atomic E-state index is 12.4. The van der Waals surface area contributed by atoms with Crippen LogP contribution in [0.2, 0.25) is 0 Å². The molecular formula is C10H12F3N3O3. The summed E-state index contributed by atoms with van der Waals surface area (Å²) in [4.78, 5) is 26.4. The van der Waals surface area contributed by atoms with E-state index in [0.717, 1.165) is 10.7 Å². The summed E-state index contributed by atoms with van der Waals surface area (Å²) in [6.07, 6.45) is -4.50. The Hall–Kier alpha value is -2.06. The van der Waals surface area contributed by atoms with Crippen molar-refractivity contribution in [2.75, 3.05) is 0 Å². The lowest BCUT2D eigenvalue weighted by Gasteiger charge is -2.06. The molecule has 1 aromatic heterocycles. The van der Waals surface area contributed by atoms with Crippen molar-refractivity contribution in [2.24, 2.45) is 0 Å². The van der Waals surface area contributed by atoms with Gasteiger partial charge in [0.15, 0.2) is 5.69 Å². The quantitative estimate of drug-likeness (QED) is 0.844. The number of aromatic nitrogens is 2. The highest BCUT2D eigenvalue weighted by Crippen LogP contribution is 2.28. The third kappa shape index (κ3) is 4.27. The molecule has 9 heteroatoms. The molecule has 1 aromatic rings. The van der Waals surface area contributed by atoms with Crippen LogP contribution in [0.5, 0.6) is 0 Å². The van der Waals surface area contributed by atoms with E-state index in [0.29, 0.717) is 0 Å². The van der Waals surface area contributed by atoms with Gasteiger partial charge < -0.3 is 4.84 Å². The Kier molecular flexibility index (Phi) is 4.52. The molecule has 6 nitrogen and oxygen atoms in total. The molecule has 1 amide bonds. The fourth-order valence-electron chi connectivity index (χ4n) is 1.16. The first-order valence-electron chi connectivity index (χ1n) is 5.34. The van der Waals surface area contributed by atoms with Crippen molar-refractivity contribution in [2.45, 2.75) is 33.0 Å². The zero-order chi connectivity index (χ0) is 14.6. The second kappa shape index (κ2) is 5.72. The Morgan fingerprint density at radius 3 is 2.58 bits per heavy atom. The van der Waals surface area contributed by atoms with E-state index in [1.165, 1.54) is 13.8 Å². The number of hydrogen-bond donors (Lipinski definition) is 1. The molecule has 0 atom stereocenters. The average molecular weight is 279 g/mol. The number of hydrogen-bond acceptors (Lipinski definition) is 4. The molecule has 0 spiro atoms. The molecular weight excluding hydrogens is 267 g/mol. The van der Waals surface area contributed by atoms with Crippen LogP contribution < -0.4 is 5.48 Å². The first-order valence-corrected chi connectivity index (χ1v) is 5.34. The summed E-state index contributed by atoms with van der Waals surface area (Å²) in [6.45, 7) is 2.44. The first-order chi connectivity index (χ1) is 8.74. The molecule has 0 radical (unpaired) electrons. The van der Waals surface area contributed by atoms with Crippen LogP contribution in [-0.2, 0) is 27.1 Å². The van der Waals surface area contributed by atoms with Gasteiger partial charge in [0, 0.05) is 12.1 Å². The van der Waals surface area contributed by atoms with Crippen molar-refractivity contribution in [1.29, 1.82) is 0 Å². The molecule has 0 saturated carbocycles. The Morgan fingerprint density at radius 2 is 2.11 bits per heavy atom. The van der Waals surface area contributed by atoms with Crippen LogP contribution in [0.4, 0.5) is 13.2 Å². The minimum Gasteiger partial charge on any atom is -0.341 e. The molecule has 1 rings (SSSR count). The number of nitrogens with zero attached hydrogens (tertiary/aromatic N) is 2. The Balaban J connectivity index is 2.65. The Bertz CT molecular complexity index is 482. The summed E-state index contributed by atoms with van der Waals surface area (Å²) in [5.41, 5.74) is 0.917. The second-order valence-electron chi connectivity index (χ2n) is 3.68. The van der Waals surface area contributed by atoms with Gasteiger partial charge in [0.2, 0.25) is 0 Å². The number of alkyl halides is 3. The van der Waals surface area contributed by atoms with Crippen molar-refractivity contribution in [3.05, 3.63) is 17.5 Å². The topological polar surface area (TPSA) is 73.2 Å². The van der Waals surface area contributed by atoms with Crippen LogP contribution in [0.3, 0.4) is 0 Å². The summed E-state index contributed by atoms with van der Waals surface area (Å²) in [5, 5.41) is 3.26. The van der Waals surface area contributed by atoms with Crippen molar-refractivity contribution >= 4 is 11.9 Å². The van der Waals surface area contributed by atoms with Gasteiger partial charge in [-0.1, -0.05) is 6.92 Å². The van der Waals surface area contributed by atoms with Crippen molar-refractivity contribution in [3.8, 4) is 0 Å². The van der Waals surface area contributed by atoms with E-state index in [1.807, 2.05) is 5.48 Å². The van der Waals surface area contributed by atoms with Crippen LogP contribution in [0.25, 0.3) is 0 Å². The highest BCUT2D eigenvalue weighted by atomic mass is 19.4. The van der Waals surface area contributed by atoms with Gasteiger partial charge in [-0.2, -0.15) is 23.8 Å². The lowest BCUT2D eigenvalue weighted by atomic mass is 10.3. The number of carbonyl (C=O) groups is 2. The van der Waals surface area contributed by atoms with Gasteiger partial charge in [-0.25, -0.2) is 4.79 Å². The van der Waals surface area contributed by atoms with E-state index < -0.39 is 30.3 Å². The highest BCUT2D eigenvalue weighted by molar-refractivity contribution is 5.77. The maximum absolute atomic E-state index is 12.4. The average Bonchev–Trinajstić information content (AvgIpc) is 2.67. The number of hydroxylamine groups is 1. The summed E-state index contributed by atoms with van der Waals surface area (Å²) >= 11 is 0. The fraction of sp³-hybridized carbons (Fsp3) is 0.500. The van der Waals surface area contributed by atoms with Gasteiger partial charge in [0.05, 0.1) is 0 Å². The normalized spacial score (nSPS) is 11.2. The van der Waals surface area contributed by atoms with Gasteiger partial charge in [-0.3, -0.25) is 9.48 Å². The van der Waals surface area contributed by atoms with E-state index in [9.17, 15) is 22.8 Å². The molecule has 0 fully saturated rings. The maximum Gasteiger partial charge on any atom is 0.435 e. The summed E-state index contributed by atoms with van der Waals surface area (Å²) < 4.78 is 38.0. The van der Waals surface area contributed by atoms with Gasteiger partial charge in [0.25, 0.3) is 5.91 Å². The van der Waals surface area contributed by atoms with Gasteiger partial charge in [0.1, 0.15) is 6.54 Å². The molecule has 106 valence electrons. The van der Waals surface area contributed by atoms with Crippen molar-refractivity contribution in [1.82, 2.24) is 15.3 Å². The Morgan fingerprint density at radius 1 is 1.47 bits per heavy atom. The van der Waals surface area contributed by atoms with E-state index in [2.05, 4.69) is 9.94 Å². The smallest absolute Gasteiger partial charge is 0.341 e. The van der Waals surface area contributed by atoms with Gasteiger partial charge in [-0.15, -0.1) is 0 Å². The number of amides is 1. The number of nitrogens with one attached hydrogen (secondary N) is 1. The fourth-order valence-corrected chi connectivity index (χ4v) is 1.16. The number of aryl methyl sites for hydroxylation is 1. The molecule has 19 heavy (non-hydrogen) atoms. The molecule has 0 bridgehead atoms. The summed E-state index contributed by atoms with van der Waals surface area (Å²) in [7, 11) is 0. The molecule has 1 heterocycles. The highest BCUT2D eigenvalue weighted by Gasteiger charge is 2.34. The van der Waals surface area contributed by atoms with Crippen LogP contribution in [-0.4, -0.2) is 21.7 Å². The minimum atomic E-state index is -4.57. The lowest BCUT2D eigenvalue weighted by Crippen LogP contribution is -2.30. The van der Waals surface area contributed by atoms with Gasteiger partial charge >= 0.3 is 12.1 Å². The molecule has 0 saturated heterocycles. The third-order valence-electron chi connectivity index (χ3n) is 2.13. The standard InChI is InChI=1S/C10H12F3N3O3/c1-3-9(18)19-15-8(17)5-16-6(2)4-7(14-16)10(11,12)13/h4H,3,5H2,1-2H3,(H,15,17). The molecule has 0 aliphatic rings. The predicted molar refractivity (Wildman–Crippen MR) is 56.5 cm³/mol. The Labute approximate surface area is 106 Å². The van der Waals surface area contributed by atoms with E-state index in [1.54, 1.807) is 0 Å². The lowest BCUT2D eigenvalue weighted by molar-refractivity contribution is -0.158. The largest absolute Gasteiger partial charge is 0.435 e. The summed E-state index contributed by atoms with van der Waals surface area (Å²) in [6, 6.07) is 0.825. The number of halogens is 3. The molecule has 0 aliphatic heterocycles. The predicted octanol–water partition coefficient (Wildman–Crippen LogP) is 1.19. The van der Waals surface area contributed by atoms with E-state index >= 15 is 0 Å². The van der Waals surface area contributed by atoms with Crippen LogP contribution >= 0.6 is 0 Å². The van der Waals surface area contributed by atoms with Crippen molar-refractivity contribution in [3.63, 3.8) is 0 Å². The third-order valence-corrected chi connectivity index (χ3v) is 2.13. The first kappa shape index (κ1) is 15.0. The van der Waals surface area contributed by atoms with Crippen LogP contribution in [0.1, 0.15) is 24.7 Å². The second-order valence-corrected chi connectivity index (χ2v) is 3.68. The number of carbonyl (C=O) groups excluding carboxylic acids is 2. The monoisotopic (exact) mass is 279 g/mol. The minimum absolute atomic E-state index is 0.0687.